The molecule has 3 N–H and O–H groups in total. The predicted octanol–water partition coefficient (Wildman–Crippen LogP) is 3.28. The standard InChI is InChI=1S/C28H41N4O5PS/c1-8-28(6,38)26(36)31-23(27(3,4)5)25(35)32-14-19(33)12-20(32)24(34)29-13-18-10-9-17(11-21(18)37-7)22-16(2)30-15-39-22/h9-11,15,19-20,23,33H,8,12-14,38H2,1-7H3,(H,29,34)(H,31,36)/t19-,20+,23-,28?/m1/s1. The van der Waals surface area contributed by atoms with E-state index in [9.17, 15) is 19.5 Å². The molecule has 0 aliphatic carbocycles. The van der Waals surface area contributed by atoms with E-state index in [-0.39, 0.29) is 37.2 Å². The molecule has 1 aliphatic heterocycles. The zero-order chi connectivity index (χ0) is 29.1. The third-order valence-electron chi connectivity index (χ3n) is 7.25. The largest absolute Gasteiger partial charge is 0.496 e. The molecule has 3 amide bonds. The smallest absolute Gasteiger partial charge is 0.246 e. The van der Waals surface area contributed by atoms with E-state index in [4.69, 9.17) is 4.74 Å². The first kappa shape index (κ1) is 31.0. The van der Waals surface area contributed by atoms with Crippen molar-refractivity contribution < 1.29 is 24.2 Å². The molecular weight excluding hydrogens is 535 g/mol. The summed E-state index contributed by atoms with van der Waals surface area (Å²) in [4.78, 5) is 46.8. The SMILES string of the molecule is CCC(C)(P)C(=O)N[C@H](C(=O)N1C[C@H](O)C[C@H]1C(=O)NCc1ccc(-c2scnc2C)cc1OC)C(C)(C)C. The van der Waals surface area contributed by atoms with Crippen molar-refractivity contribution in [1.29, 1.82) is 0 Å². The highest BCUT2D eigenvalue weighted by Crippen LogP contribution is 2.32. The van der Waals surface area contributed by atoms with Crippen LogP contribution in [0.25, 0.3) is 10.4 Å². The third kappa shape index (κ3) is 7.16. The number of rotatable bonds is 9. The average Bonchev–Trinajstić information content (AvgIpc) is 3.49. The number of β-amino-alcohol motifs (C(OH)–C–C–N with tert-alkyl or cyclic N) is 1. The molecule has 2 heterocycles. The van der Waals surface area contributed by atoms with Gasteiger partial charge in [0.2, 0.25) is 17.7 Å². The molecule has 39 heavy (non-hydrogen) atoms. The molecule has 1 fully saturated rings. The van der Waals surface area contributed by atoms with Crippen LogP contribution in [0.5, 0.6) is 5.75 Å². The van der Waals surface area contributed by atoms with E-state index in [1.54, 1.807) is 30.9 Å². The molecule has 9 nitrogen and oxygen atoms in total. The molecule has 2 aromatic rings. The van der Waals surface area contributed by atoms with E-state index in [2.05, 4.69) is 24.9 Å². The number of thiazole rings is 1. The topological polar surface area (TPSA) is 121 Å². The van der Waals surface area contributed by atoms with Gasteiger partial charge in [-0.2, -0.15) is 0 Å². The van der Waals surface area contributed by atoms with Crippen LogP contribution in [-0.4, -0.2) is 69.7 Å². The summed E-state index contributed by atoms with van der Waals surface area (Å²) < 4.78 is 5.59. The summed E-state index contributed by atoms with van der Waals surface area (Å²) in [6.45, 7) is 11.5. The number of benzene rings is 1. The van der Waals surface area contributed by atoms with Gasteiger partial charge in [0.15, 0.2) is 0 Å². The number of carbonyl (C=O) groups is 3. The Morgan fingerprint density at radius 2 is 1.97 bits per heavy atom. The van der Waals surface area contributed by atoms with Crippen LogP contribution in [0, 0.1) is 12.3 Å². The summed E-state index contributed by atoms with van der Waals surface area (Å²) in [6.07, 6.45) is -0.129. The van der Waals surface area contributed by atoms with Gasteiger partial charge < -0.3 is 25.4 Å². The number of hydrogen-bond donors (Lipinski definition) is 3. The van der Waals surface area contributed by atoms with Crippen molar-refractivity contribution in [3.05, 3.63) is 35.0 Å². The van der Waals surface area contributed by atoms with Crippen molar-refractivity contribution in [1.82, 2.24) is 20.5 Å². The van der Waals surface area contributed by atoms with Crippen LogP contribution < -0.4 is 15.4 Å². The van der Waals surface area contributed by atoms with Crippen molar-refractivity contribution in [3.63, 3.8) is 0 Å². The highest BCUT2D eigenvalue weighted by Gasteiger charge is 2.45. The molecule has 1 aromatic carbocycles. The fourth-order valence-corrected chi connectivity index (χ4v) is 5.37. The number of nitrogens with zero attached hydrogens (tertiary/aromatic N) is 2. The zero-order valence-electron chi connectivity index (χ0n) is 23.8. The van der Waals surface area contributed by atoms with Crippen molar-refractivity contribution in [2.45, 2.75) is 84.3 Å². The minimum absolute atomic E-state index is 0.0253. The van der Waals surface area contributed by atoms with E-state index in [0.29, 0.717) is 12.2 Å². The Morgan fingerprint density at radius 3 is 2.54 bits per heavy atom. The van der Waals surface area contributed by atoms with Crippen molar-refractivity contribution in [2.75, 3.05) is 13.7 Å². The van der Waals surface area contributed by atoms with Crippen LogP contribution in [0.2, 0.25) is 0 Å². The number of aromatic nitrogens is 1. The van der Waals surface area contributed by atoms with Gasteiger partial charge >= 0.3 is 0 Å². The van der Waals surface area contributed by atoms with Crippen LogP contribution in [0.15, 0.2) is 23.7 Å². The van der Waals surface area contributed by atoms with Crippen molar-refractivity contribution in [2.24, 2.45) is 5.41 Å². The maximum absolute atomic E-state index is 13.7. The Kier molecular flexibility index (Phi) is 9.78. The summed E-state index contributed by atoms with van der Waals surface area (Å²) in [7, 11) is 4.13. The maximum Gasteiger partial charge on any atom is 0.246 e. The van der Waals surface area contributed by atoms with E-state index in [1.807, 2.05) is 52.8 Å². The minimum atomic E-state index is -0.861. The highest BCUT2D eigenvalue weighted by molar-refractivity contribution is 7.21. The first-order valence-electron chi connectivity index (χ1n) is 13.1. The Morgan fingerprint density at radius 1 is 1.28 bits per heavy atom. The number of aliphatic hydroxyl groups excluding tert-OH is 1. The molecule has 1 aliphatic rings. The number of nitrogens with one attached hydrogen (secondary N) is 2. The predicted molar refractivity (Wildman–Crippen MR) is 157 cm³/mol. The van der Waals surface area contributed by atoms with Crippen LogP contribution >= 0.6 is 20.6 Å². The average molecular weight is 577 g/mol. The zero-order valence-corrected chi connectivity index (χ0v) is 25.8. The van der Waals surface area contributed by atoms with Crippen LogP contribution in [0.3, 0.4) is 0 Å². The second-order valence-electron chi connectivity index (χ2n) is 11.5. The number of carbonyl (C=O) groups excluding carboxylic acids is 3. The number of aryl methyl sites for hydroxylation is 1. The van der Waals surface area contributed by atoms with E-state index in [1.165, 1.54) is 4.90 Å². The lowest BCUT2D eigenvalue weighted by atomic mass is 9.85. The van der Waals surface area contributed by atoms with Gasteiger partial charge in [0.05, 0.1) is 34.5 Å². The molecule has 0 bridgehead atoms. The number of amides is 3. The summed E-state index contributed by atoms with van der Waals surface area (Å²) in [6, 6.07) is 4.07. The Bertz CT molecular complexity index is 1210. The second-order valence-corrected chi connectivity index (χ2v) is 13.6. The lowest BCUT2D eigenvalue weighted by Crippen LogP contribution is -2.59. The fraction of sp³-hybridized carbons (Fsp3) is 0.571. The van der Waals surface area contributed by atoms with Gasteiger partial charge in [-0.1, -0.05) is 39.8 Å². The molecule has 1 aromatic heterocycles. The quantitative estimate of drug-likeness (QED) is 0.394. The van der Waals surface area contributed by atoms with E-state index in [0.717, 1.165) is 21.7 Å². The molecule has 0 spiro atoms. The molecule has 5 atom stereocenters. The first-order chi connectivity index (χ1) is 18.2. The van der Waals surface area contributed by atoms with Crippen molar-refractivity contribution >= 4 is 38.3 Å². The molecule has 1 saturated heterocycles. The van der Waals surface area contributed by atoms with Crippen LogP contribution in [-0.2, 0) is 20.9 Å². The molecule has 11 heteroatoms. The molecule has 214 valence electrons. The van der Waals surface area contributed by atoms with Crippen LogP contribution in [0.1, 0.15) is 58.7 Å². The minimum Gasteiger partial charge on any atom is -0.496 e. The highest BCUT2D eigenvalue weighted by atomic mass is 32.1. The summed E-state index contributed by atoms with van der Waals surface area (Å²) >= 11 is 1.55. The van der Waals surface area contributed by atoms with E-state index >= 15 is 0 Å². The summed E-state index contributed by atoms with van der Waals surface area (Å²) in [5, 5.41) is 15.5. The molecule has 2 unspecified atom stereocenters. The van der Waals surface area contributed by atoms with Crippen molar-refractivity contribution in [3.8, 4) is 16.2 Å². The lowest BCUT2D eigenvalue weighted by molar-refractivity contribution is -0.144. The summed E-state index contributed by atoms with van der Waals surface area (Å²) in [5.41, 5.74) is 3.90. The number of likely N-dealkylation sites (tertiary alicyclic amines) is 1. The number of ether oxygens (including phenoxy) is 1. The van der Waals surface area contributed by atoms with Gasteiger partial charge in [-0.15, -0.1) is 20.6 Å². The monoisotopic (exact) mass is 576 g/mol. The van der Waals surface area contributed by atoms with Gasteiger partial charge in [-0.05, 0) is 37.3 Å². The Labute approximate surface area is 237 Å². The lowest BCUT2D eigenvalue weighted by Gasteiger charge is -2.37. The Balaban J connectivity index is 1.76. The molecular formula is C28H41N4O5PS. The van der Waals surface area contributed by atoms with Gasteiger partial charge in [0, 0.05) is 25.1 Å². The normalized spacial score (nSPS) is 19.8. The number of methoxy groups -OCH3 is 1. The van der Waals surface area contributed by atoms with Gasteiger partial charge in [0.25, 0.3) is 0 Å². The Hall–Kier alpha value is -2.55. The number of aliphatic hydroxyl groups is 1. The van der Waals surface area contributed by atoms with E-state index < -0.39 is 28.8 Å². The summed E-state index contributed by atoms with van der Waals surface area (Å²) in [5.74, 6) is -0.376. The second kappa shape index (κ2) is 12.3. The molecule has 0 radical (unpaired) electrons. The molecule has 3 rings (SSSR count). The number of hydrogen-bond acceptors (Lipinski definition) is 7. The van der Waals surface area contributed by atoms with Gasteiger partial charge in [-0.3, -0.25) is 14.4 Å². The maximum atomic E-state index is 13.7. The third-order valence-corrected chi connectivity index (χ3v) is 8.90. The van der Waals surface area contributed by atoms with Crippen LogP contribution in [0.4, 0.5) is 0 Å². The van der Waals surface area contributed by atoms with Gasteiger partial charge in [-0.25, -0.2) is 4.98 Å². The molecule has 0 saturated carbocycles. The van der Waals surface area contributed by atoms with Gasteiger partial charge in [0.1, 0.15) is 17.8 Å². The first-order valence-corrected chi connectivity index (χ1v) is 14.6. The fourth-order valence-electron chi connectivity index (χ4n) is 4.49.